The molecule has 3 aromatic rings. The lowest BCUT2D eigenvalue weighted by molar-refractivity contribution is -0.111. The topological polar surface area (TPSA) is 83.8 Å². The van der Waals surface area contributed by atoms with E-state index < -0.39 is 0 Å². The largest absolute Gasteiger partial charge is 0.465 e. The number of carbonyl (C=O) groups is 1. The lowest BCUT2D eigenvalue weighted by Crippen LogP contribution is -2.08. The summed E-state index contributed by atoms with van der Waals surface area (Å²) in [6.07, 6.45) is 4.47. The Morgan fingerprint density at radius 1 is 1.33 bits per heavy atom. The van der Waals surface area contributed by atoms with Gasteiger partial charge in [-0.1, -0.05) is 35.5 Å². The lowest BCUT2D eigenvalue weighted by Gasteiger charge is -1.98. The van der Waals surface area contributed by atoms with Crippen LogP contribution in [-0.4, -0.2) is 21.1 Å². The van der Waals surface area contributed by atoms with E-state index in [1.54, 1.807) is 18.2 Å². The molecule has 1 amide bonds. The first-order chi connectivity index (χ1) is 11.7. The fraction of sp³-hybridized carbons (Fsp3) is 0.0625. The summed E-state index contributed by atoms with van der Waals surface area (Å²) in [4.78, 5) is 16.0. The average Bonchev–Trinajstić information content (AvgIpc) is 3.24. The first kappa shape index (κ1) is 16.4. The van der Waals surface area contributed by atoms with Crippen LogP contribution in [0.1, 0.15) is 11.3 Å². The molecule has 3 rings (SSSR count). The average molecular weight is 361 g/mol. The van der Waals surface area contributed by atoms with Crippen LogP contribution in [0.3, 0.4) is 0 Å². The van der Waals surface area contributed by atoms with Gasteiger partial charge in [0.2, 0.25) is 11.1 Å². The van der Waals surface area contributed by atoms with Gasteiger partial charge in [-0.05, 0) is 35.9 Å². The van der Waals surface area contributed by atoms with Gasteiger partial charge in [-0.3, -0.25) is 10.1 Å². The molecule has 122 valence electrons. The van der Waals surface area contributed by atoms with Gasteiger partial charge in [0.15, 0.2) is 0 Å². The highest BCUT2D eigenvalue weighted by molar-refractivity contribution is 7.98. The maximum atomic E-state index is 11.8. The van der Waals surface area contributed by atoms with Crippen molar-refractivity contribution < 1.29 is 9.21 Å². The number of aromatic nitrogens is 3. The monoisotopic (exact) mass is 360 g/mol. The van der Waals surface area contributed by atoms with E-state index in [2.05, 4.69) is 20.5 Å². The standard InChI is InChI=1S/C16H13ClN4O2S/c17-12-5-3-11(4-6-12)10-24-16-19-15(20-21-16)18-14(22)8-7-13-2-1-9-23-13/h1-9H,10H2,(H2,18,19,20,21,22)/b8-7+. The van der Waals surface area contributed by atoms with E-state index in [0.29, 0.717) is 27.6 Å². The molecule has 0 unspecified atom stereocenters. The van der Waals surface area contributed by atoms with Gasteiger partial charge in [-0.2, -0.15) is 4.98 Å². The Morgan fingerprint density at radius 2 is 2.17 bits per heavy atom. The van der Waals surface area contributed by atoms with Gasteiger partial charge >= 0.3 is 0 Å². The summed E-state index contributed by atoms with van der Waals surface area (Å²) in [7, 11) is 0. The maximum Gasteiger partial charge on any atom is 0.250 e. The number of H-pyrrole nitrogens is 1. The zero-order chi connectivity index (χ0) is 16.8. The summed E-state index contributed by atoms with van der Waals surface area (Å²) in [5.74, 6) is 1.28. The Balaban J connectivity index is 1.51. The third kappa shape index (κ3) is 4.74. The van der Waals surface area contributed by atoms with Crippen molar-refractivity contribution in [3.05, 3.63) is 65.1 Å². The molecule has 0 bridgehead atoms. The van der Waals surface area contributed by atoms with Gasteiger partial charge in [-0.25, -0.2) is 5.10 Å². The molecule has 2 heterocycles. The van der Waals surface area contributed by atoms with Gasteiger partial charge in [0.25, 0.3) is 5.91 Å². The van der Waals surface area contributed by atoms with Gasteiger partial charge < -0.3 is 4.42 Å². The molecule has 0 fully saturated rings. The smallest absolute Gasteiger partial charge is 0.250 e. The molecule has 0 aliphatic heterocycles. The summed E-state index contributed by atoms with van der Waals surface area (Å²) in [6.45, 7) is 0. The van der Waals surface area contributed by atoms with Crippen LogP contribution in [0.5, 0.6) is 0 Å². The highest BCUT2D eigenvalue weighted by Crippen LogP contribution is 2.21. The molecule has 0 radical (unpaired) electrons. The summed E-state index contributed by atoms with van der Waals surface area (Å²) in [5, 5.41) is 10.6. The van der Waals surface area contributed by atoms with Crippen molar-refractivity contribution in [3.8, 4) is 0 Å². The number of carbonyl (C=O) groups excluding carboxylic acids is 1. The fourth-order valence-corrected chi connectivity index (χ4v) is 2.68. The van der Waals surface area contributed by atoms with Crippen molar-refractivity contribution in [1.29, 1.82) is 0 Å². The molecule has 1 aromatic carbocycles. The zero-order valence-electron chi connectivity index (χ0n) is 12.4. The number of nitrogens with zero attached hydrogens (tertiary/aromatic N) is 2. The molecule has 8 heteroatoms. The van der Waals surface area contributed by atoms with Crippen molar-refractivity contribution in [2.75, 3.05) is 5.32 Å². The SMILES string of the molecule is O=C(/C=C/c1ccco1)Nc1nc(SCc2ccc(Cl)cc2)n[nH]1. The van der Waals surface area contributed by atoms with Crippen molar-refractivity contribution >= 4 is 41.3 Å². The molecule has 24 heavy (non-hydrogen) atoms. The number of hydrogen-bond donors (Lipinski definition) is 2. The Hall–Kier alpha value is -2.51. The van der Waals surface area contributed by atoms with E-state index in [4.69, 9.17) is 16.0 Å². The normalized spacial score (nSPS) is 11.0. The molecule has 6 nitrogen and oxygen atoms in total. The number of benzene rings is 1. The molecule has 0 spiro atoms. The number of nitrogens with one attached hydrogen (secondary N) is 2. The molecular weight excluding hydrogens is 348 g/mol. The number of anilines is 1. The minimum atomic E-state index is -0.322. The minimum Gasteiger partial charge on any atom is -0.465 e. The number of thioether (sulfide) groups is 1. The number of hydrogen-bond acceptors (Lipinski definition) is 5. The van der Waals surface area contributed by atoms with E-state index in [1.807, 2.05) is 24.3 Å². The minimum absolute atomic E-state index is 0.294. The Morgan fingerprint density at radius 3 is 2.92 bits per heavy atom. The second kappa shape index (κ2) is 7.85. The predicted octanol–water partition coefficient (Wildman–Crippen LogP) is 4.00. The third-order valence-corrected chi connectivity index (χ3v) is 4.10. The van der Waals surface area contributed by atoms with E-state index in [9.17, 15) is 4.79 Å². The molecule has 0 aliphatic rings. The van der Waals surface area contributed by atoms with Gasteiger partial charge in [0.05, 0.1) is 6.26 Å². The van der Waals surface area contributed by atoms with Crippen LogP contribution in [0.2, 0.25) is 5.02 Å². The van der Waals surface area contributed by atoms with Crippen LogP contribution < -0.4 is 5.32 Å². The van der Waals surface area contributed by atoms with Crippen LogP contribution in [0.15, 0.2) is 58.3 Å². The molecule has 0 saturated heterocycles. The highest BCUT2D eigenvalue weighted by Gasteiger charge is 2.06. The summed E-state index contributed by atoms with van der Waals surface area (Å²) in [6, 6.07) is 11.1. The first-order valence-electron chi connectivity index (χ1n) is 7.01. The number of rotatable bonds is 6. The Kier molecular flexibility index (Phi) is 5.35. The molecular formula is C16H13ClN4O2S. The molecule has 0 aliphatic carbocycles. The molecule has 0 atom stereocenters. The first-order valence-corrected chi connectivity index (χ1v) is 8.37. The Labute approximate surface area is 147 Å². The number of aromatic amines is 1. The van der Waals surface area contributed by atoms with Crippen molar-refractivity contribution in [2.24, 2.45) is 0 Å². The van der Waals surface area contributed by atoms with Crippen LogP contribution in [0.4, 0.5) is 5.95 Å². The van der Waals surface area contributed by atoms with Gasteiger partial charge in [0.1, 0.15) is 5.76 Å². The number of halogens is 1. The van der Waals surface area contributed by atoms with Crippen LogP contribution in [0, 0.1) is 0 Å². The maximum absolute atomic E-state index is 11.8. The molecule has 2 aromatic heterocycles. The Bertz CT molecular complexity index is 828. The number of amides is 1. The van der Waals surface area contributed by atoms with E-state index in [-0.39, 0.29) is 5.91 Å². The molecule has 2 N–H and O–H groups in total. The molecule has 0 saturated carbocycles. The summed E-state index contributed by atoms with van der Waals surface area (Å²) in [5.41, 5.74) is 1.11. The van der Waals surface area contributed by atoms with Crippen molar-refractivity contribution in [1.82, 2.24) is 15.2 Å². The van der Waals surface area contributed by atoms with Crippen LogP contribution in [-0.2, 0) is 10.5 Å². The summed E-state index contributed by atoms with van der Waals surface area (Å²) < 4.78 is 5.11. The van der Waals surface area contributed by atoms with Gasteiger partial charge in [0, 0.05) is 16.9 Å². The zero-order valence-corrected chi connectivity index (χ0v) is 14.0. The van der Waals surface area contributed by atoms with Gasteiger partial charge in [-0.15, -0.1) is 5.10 Å². The number of furan rings is 1. The second-order valence-corrected chi connectivity index (χ2v) is 6.10. The lowest BCUT2D eigenvalue weighted by atomic mass is 10.2. The summed E-state index contributed by atoms with van der Waals surface area (Å²) >= 11 is 7.31. The van der Waals surface area contributed by atoms with Crippen LogP contribution in [0.25, 0.3) is 6.08 Å². The fourth-order valence-electron chi connectivity index (χ4n) is 1.80. The second-order valence-electron chi connectivity index (χ2n) is 4.72. The van der Waals surface area contributed by atoms with Crippen LogP contribution >= 0.6 is 23.4 Å². The quantitative estimate of drug-likeness (QED) is 0.513. The van der Waals surface area contributed by atoms with Crippen molar-refractivity contribution in [3.63, 3.8) is 0 Å². The van der Waals surface area contributed by atoms with E-state index >= 15 is 0 Å². The third-order valence-electron chi connectivity index (χ3n) is 2.93. The van der Waals surface area contributed by atoms with Crippen molar-refractivity contribution in [2.45, 2.75) is 10.9 Å². The predicted molar refractivity (Wildman–Crippen MR) is 93.8 cm³/mol. The highest BCUT2D eigenvalue weighted by atomic mass is 35.5. The van der Waals surface area contributed by atoms with E-state index in [1.165, 1.54) is 24.1 Å². The van der Waals surface area contributed by atoms with E-state index in [0.717, 1.165) is 5.56 Å².